The van der Waals surface area contributed by atoms with E-state index in [-0.39, 0.29) is 5.56 Å². The van der Waals surface area contributed by atoms with Gasteiger partial charge in [0.1, 0.15) is 25.1 Å². The molecule has 1 atom stereocenters. The molecule has 1 N–H and O–H groups in total. The third-order valence-electron chi connectivity index (χ3n) is 3.38. The molecule has 0 radical (unpaired) electrons. The van der Waals surface area contributed by atoms with Crippen LogP contribution >= 0.6 is 15.9 Å². The Morgan fingerprint density at radius 1 is 1.19 bits per heavy atom. The van der Waals surface area contributed by atoms with Gasteiger partial charge in [0.2, 0.25) is 0 Å². The van der Waals surface area contributed by atoms with Crippen molar-refractivity contribution in [3.63, 3.8) is 0 Å². The first kappa shape index (κ1) is 14.4. The van der Waals surface area contributed by atoms with Crippen LogP contribution in [0.4, 0.5) is 4.39 Å². The number of ether oxygens (including phenoxy) is 2. The van der Waals surface area contributed by atoms with E-state index in [1.807, 2.05) is 6.92 Å². The van der Waals surface area contributed by atoms with Crippen molar-refractivity contribution in [3.8, 4) is 11.5 Å². The lowest BCUT2D eigenvalue weighted by Crippen LogP contribution is -2.16. The Labute approximate surface area is 130 Å². The zero-order valence-electron chi connectivity index (χ0n) is 11.4. The molecule has 0 saturated carbocycles. The van der Waals surface area contributed by atoms with Gasteiger partial charge in [-0.1, -0.05) is 17.7 Å². The highest BCUT2D eigenvalue weighted by atomic mass is 79.9. The summed E-state index contributed by atoms with van der Waals surface area (Å²) in [6, 6.07) is 8.09. The zero-order chi connectivity index (χ0) is 15.0. The first-order valence-corrected chi connectivity index (χ1v) is 7.38. The highest BCUT2D eigenvalue weighted by Gasteiger charge is 2.21. The van der Waals surface area contributed by atoms with Crippen molar-refractivity contribution < 1.29 is 19.0 Å². The Kier molecular flexibility index (Phi) is 3.87. The molecule has 2 aromatic rings. The molecular weight excluding hydrogens is 339 g/mol. The molecule has 3 rings (SSSR count). The lowest BCUT2D eigenvalue weighted by Gasteiger charge is -2.22. The van der Waals surface area contributed by atoms with Gasteiger partial charge < -0.3 is 14.6 Å². The van der Waals surface area contributed by atoms with Gasteiger partial charge in [-0.3, -0.25) is 0 Å². The molecule has 3 nitrogen and oxygen atoms in total. The molecule has 0 amide bonds. The van der Waals surface area contributed by atoms with Crippen LogP contribution in [0.2, 0.25) is 0 Å². The van der Waals surface area contributed by atoms with Crippen molar-refractivity contribution in [2.75, 3.05) is 13.2 Å². The maximum absolute atomic E-state index is 13.9. The topological polar surface area (TPSA) is 38.7 Å². The first-order valence-electron chi connectivity index (χ1n) is 6.59. The van der Waals surface area contributed by atoms with Crippen LogP contribution in [0, 0.1) is 12.7 Å². The molecular formula is C16H14BrFO3. The summed E-state index contributed by atoms with van der Waals surface area (Å²) in [6.45, 7) is 2.80. The highest BCUT2D eigenvalue weighted by molar-refractivity contribution is 9.10. The van der Waals surface area contributed by atoms with Gasteiger partial charge in [-0.25, -0.2) is 4.39 Å². The lowest BCUT2D eigenvalue weighted by atomic mass is 9.99. The summed E-state index contributed by atoms with van der Waals surface area (Å²) in [6.07, 6.45) is -1.06. The van der Waals surface area contributed by atoms with E-state index in [2.05, 4.69) is 15.9 Å². The molecule has 2 aromatic carbocycles. The van der Waals surface area contributed by atoms with E-state index < -0.39 is 11.9 Å². The van der Waals surface area contributed by atoms with E-state index in [1.54, 1.807) is 24.3 Å². The maximum Gasteiger partial charge on any atom is 0.175 e. The molecule has 0 aliphatic carbocycles. The third-order valence-corrected chi connectivity index (χ3v) is 3.97. The van der Waals surface area contributed by atoms with Crippen molar-refractivity contribution in [1.82, 2.24) is 0 Å². The number of hydrogen-bond acceptors (Lipinski definition) is 3. The standard InChI is InChI=1S/C16H14BrFO3/c1-9-2-3-13(18)11(6-9)15(19)10-7-12(17)16-14(8-10)20-4-5-21-16/h2-3,6-8,15,19H,4-5H2,1H3. The number of fused-ring (bicyclic) bond motifs is 1. The summed E-state index contributed by atoms with van der Waals surface area (Å²) in [5.41, 5.74) is 1.69. The van der Waals surface area contributed by atoms with E-state index in [0.717, 1.165) is 5.56 Å². The smallest absolute Gasteiger partial charge is 0.175 e. The van der Waals surface area contributed by atoms with Gasteiger partial charge in [-0.2, -0.15) is 0 Å². The van der Waals surface area contributed by atoms with Gasteiger partial charge in [0.15, 0.2) is 11.5 Å². The monoisotopic (exact) mass is 352 g/mol. The molecule has 5 heteroatoms. The van der Waals surface area contributed by atoms with Crippen molar-refractivity contribution in [1.29, 1.82) is 0 Å². The van der Waals surface area contributed by atoms with Crippen LogP contribution in [-0.4, -0.2) is 18.3 Å². The number of benzene rings is 2. The van der Waals surface area contributed by atoms with E-state index in [0.29, 0.717) is 34.7 Å². The Morgan fingerprint density at radius 3 is 2.76 bits per heavy atom. The summed E-state index contributed by atoms with van der Waals surface area (Å²) in [4.78, 5) is 0. The fourth-order valence-corrected chi connectivity index (χ4v) is 2.92. The number of aryl methyl sites for hydroxylation is 1. The molecule has 1 unspecified atom stereocenters. The number of rotatable bonds is 2. The molecule has 110 valence electrons. The Balaban J connectivity index is 2.03. The Morgan fingerprint density at radius 2 is 1.95 bits per heavy atom. The van der Waals surface area contributed by atoms with E-state index in [9.17, 15) is 9.50 Å². The first-order chi connectivity index (χ1) is 10.1. The summed E-state index contributed by atoms with van der Waals surface area (Å²) in [5.74, 6) is 0.735. The normalized spacial score (nSPS) is 14.9. The predicted octanol–water partition coefficient (Wildman–Crippen LogP) is 3.75. The molecule has 0 aromatic heterocycles. The van der Waals surface area contributed by atoms with E-state index in [1.165, 1.54) is 6.07 Å². The van der Waals surface area contributed by atoms with Gasteiger partial charge >= 0.3 is 0 Å². The fourth-order valence-electron chi connectivity index (χ4n) is 2.34. The average Bonchev–Trinajstić information content (AvgIpc) is 2.49. The predicted molar refractivity (Wildman–Crippen MR) is 80.3 cm³/mol. The van der Waals surface area contributed by atoms with Crippen LogP contribution in [-0.2, 0) is 0 Å². The van der Waals surface area contributed by atoms with Crippen molar-refractivity contribution >= 4 is 15.9 Å². The van der Waals surface area contributed by atoms with Crippen molar-refractivity contribution in [2.24, 2.45) is 0 Å². The third kappa shape index (κ3) is 2.76. The number of aliphatic hydroxyl groups is 1. The van der Waals surface area contributed by atoms with Crippen LogP contribution < -0.4 is 9.47 Å². The number of hydrogen-bond donors (Lipinski definition) is 1. The number of halogens is 2. The minimum absolute atomic E-state index is 0.249. The molecule has 0 fully saturated rings. The minimum Gasteiger partial charge on any atom is -0.486 e. The lowest BCUT2D eigenvalue weighted by molar-refractivity contribution is 0.168. The SMILES string of the molecule is Cc1ccc(F)c(C(O)c2cc(Br)c3c(c2)OCCO3)c1. The van der Waals surface area contributed by atoms with Gasteiger partial charge in [0, 0.05) is 5.56 Å². The molecule has 0 spiro atoms. The van der Waals surface area contributed by atoms with E-state index in [4.69, 9.17) is 9.47 Å². The molecule has 1 heterocycles. The molecule has 21 heavy (non-hydrogen) atoms. The summed E-state index contributed by atoms with van der Waals surface area (Å²) in [7, 11) is 0. The minimum atomic E-state index is -1.06. The van der Waals surface area contributed by atoms with Crippen LogP contribution in [0.5, 0.6) is 11.5 Å². The van der Waals surface area contributed by atoms with Gasteiger partial charge in [0.05, 0.1) is 4.47 Å². The zero-order valence-corrected chi connectivity index (χ0v) is 13.0. The van der Waals surface area contributed by atoms with Crippen LogP contribution in [0.25, 0.3) is 0 Å². The number of aliphatic hydroxyl groups excluding tert-OH is 1. The van der Waals surface area contributed by atoms with Crippen molar-refractivity contribution in [2.45, 2.75) is 13.0 Å². The second-order valence-electron chi connectivity index (χ2n) is 4.95. The average molecular weight is 353 g/mol. The molecule has 1 aliphatic heterocycles. The summed E-state index contributed by atoms with van der Waals surface area (Å²) >= 11 is 3.40. The van der Waals surface area contributed by atoms with Gasteiger partial charge in [-0.05, 0) is 46.6 Å². The van der Waals surface area contributed by atoms with E-state index >= 15 is 0 Å². The Hall–Kier alpha value is -1.59. The highest BCUT2D eigenvalue weighted by Crippen LogP contribution is 2.41. The quantitative estimate of drug-likeness (QED) is 0.894. The summed E-state index contributed by atoms with van der Waals surface area (Å²) < 4.78 is 25.6. The second-order valence-corrected chi connectivity index (χ2v) is 5.81. The molecule has 0 saturated heterocycles. The molecule has 0 bridgehead atoms. The Bertz CT molecular complexity index is 687. The van der Waals surface area contributed by atoms with Crippen molar-refractivity contribution in [3.05, 3.63) is 57.3 Å². The van der Waals surface area contributed by atoms with Crippen LogP contribution in [0.1, 0.15) is 22.8 Å². The fraction of sp³-hybridized carbons (Fsp3) is 0.250. The largest absolute Gasteiger partial charge is 0.486 e. The van der Waals surface area contributed by atoms with Crippen LogP contribution in [0.15, 0.2) is 34.8 Å². The second kappa shape index (κ2) is 5.66. The maximum atomic E-state index is 13.9. The summed E-state index contributed by atoms with van der Waals surface area (Å²) in [5, 5.41) is 10.5. The van der Waals surface area contributed by atoms with Gasteiger partial charge in [0.25, 0.3) is 0 Å². The molecule has 1 aliphatic rings. The van der Waals surface area contributed by atoms with Gasteiger partial charge in [-0.15, -0.1) is 0 Å². The van der Waals surface area contributed by atoms with Crippen LogP contribution in [0.3, 0.4) is 0 Å².